The zero-order valence-electron chi connectivity index (χ0n) is 17.6. The van der Waals surface area contributed by atoms with E-state index in [0.29, 0.717) is 32.5 Å². The standard InChI is InChI=1S/C21H32N2O5/c1-14-17(9-10-27-13-26-5)15(8-11-28-20(25)23-21(2,3)4)12-16-6-7-18(24)22-19(14)16/h12H,6-11,13H2,1-5H3,(H,22,24)(H,23,25). The molecule has 0 spiro atoms. The van der Waals surface area contributed by atoms with Crippen molar-refractivity contribution in [2.75, 3.05) is 32.4 Å². The quantitative estimate of drug-likeness (QED) is 0.524. The van der Waals surface area contributed by atoms with E-state index in [4.69, 9.17) is 14.2 Å². The first kappa shape index (κ1) is 22.2. The summed E-state index contributed by atoms with van der Waals surface area (Å²) in [5, 5.41) is 5.79. The molecule has 0 aromatic heterocycles. The third-order valence-corrected chi connectivity index (χ3v) is 4.55. The molecule has 0 atom stereocenters. The van der Waals surface area contributed by atoms with E-state index < -0.39 is 6.09 Å². The van der Waals surface area contributed by atoms with Crippen LogP contribution in [0.2, 0.25) is 0 Å². The molecule has 156 valence electrons. The highest BCUT2D eigenvalue weighted by Gasteiger charge is 2.21. The average molecular weight is 392 g/mol. The molecule has 0 bridgehead atoms. The van der Waals surface area contributed by atoms with Gasteiger partial charge in [0.1, 0.15) is 6.79 Å². The lowest BCUT2D eigenvalue weighted by molar-refractivity contribution is -0.116. The Balaban J connectivity index is 2.12. The van der Waals surface area contributed by atoms with E-state index in [9.17, 15) is 9.59 Å². The summed E-state index contributed by atoms with van der Waals surface area (Å²) in [5.74, 6) is 0.0483. The normalized spacial score (nSPS) is 13.7. The lowest BCUT2D eigenvalue weighted by Crippen LogP contribution is -2.41. The van der Waals surface area contributed by atoms with Crippen LogP contribution in [0.15, 0.2) is 6.07 Å². The Hall–Kier alpha value is -2.12. The number of amides is 2. The maximum Gasteiger partial charge on any atom is 0.407 e. The van der Waals surface area contributed by atoms with Gasteiger partial charge in [-0.15, -0.1) is 0 Å². The Morgan fingerprint density at radius 1 is 1.21 bits per heavy atom. The fourth-order valence-corrected chi connectivity index (χ4v) is 3.31. The van der Waals surface area contributed by atoms with Crippen LogP contribution < -0.4 is 10.6 Å². The third-order valence-electron chi connectivity index (χ3n) is 4.55. The summed E-state index contributed by atoms with van der Waals surface area (Å²) in [6, 6.07) is 2.12. The summed E-state index contributed by atoms with van der Waals surface area (Å²) < 4.78 is 15.7. The first-order valence-electron chi connectivity index (χ1n) is 9.67. The molecule has 1 aromatic rings. The number of fused-ring (bicyclic) bond motifs is 1. The molecule has 1 aliphatic heterocycles. The average Bonchev–Trinajstić information content (AvgIpc) is 2.60. The van der Waals surface area contributed by atoms with Gasteiger partial charge >= 0.3 is 6.09 Å². The maximum atomic E-state index is 11.9. The molecule has 0 radical (unpaired) electrons. The molecule has 0 aliphatic carbocycles. The smallest absolute Gasteiger partial charge is 0.407 e. The van der Waals surface area contributed by atoms with Crippen LogP contribution in [0.1, 0.15) is 49.4 Å². The SMILES string of the molecule is COCOCCc1c(CCOC(=O)NC(C)(C)C)cc2c(c1C)NC(=O)CC2. The van der Waals surface area contributed by atoms with Crippen molar-refractivity contribution in [1.82, 2.24) is 5.32 Å². The van der Waals surface area contributed by atoms with E-state index in [1.807, 2.05) is 27.7 Å². The summed E-state index contributed by atoms with van der Waals surface area (Å²) in [6.07, 6.45) is 2.11. The largest absolute Gasteiger partial charge is 0.449 e. The molecule has 2 rings (SSSR count). The van der Waals surface area contributed by atoms with E-state index in [1.165, 1.54) is 0 Å². The van der Waals surface area contributed by atoms with Gasteiger partial charge in [0.05, 0.1) is 13.2 Å². The van der Waals surface area contributed by atoms with E-state index in [2.05, 4.69) is 16.7 Å². The highest BCUT2D eigenvalue weighted by atomic mass is 16.7. The number of ether oxygens (including phenoxy) is 3. The van der Waals surface area contributed by atoms with Gasteiger partial charge in [-0.05, 0) is 62.8 Å². The summed E-state index contributed by atoms with van der Waals surface area (Å²) in [7, 11) is 1.59. The molecule has 7 nitrogen and oxygen atoms in total. The molecule has 0 saturated carbocycles. The minimum absolute atomic E-state index is 0.0483. The summed E-state index contributed by atoms with van der Waals surface area (Å²) in [6.45, 7) is 8.80. The van der Waals surface area contributed by atoms with E-state index in [1.54, 1.807) is 7.11 Å². The fraction of sp³-hybridized carbons (Fsp3) is 0.619. The van der Waals surface area contributed by atoms with Crippen molar-refractivity contribution >= 4 is 17.7 Å². The van der Waals surface area contributed by atoms with Gasteiger partial charge in [0, 0.05) is 31.2 Å². The highest BCUT2D eigenvalue weighted by Crippen LogP contribution is 2.32. The molecule has 0 fully saturated rings. The first-order valence-corrected chi connectivity index (χ1v) is 9.67. The Morgan fingerprint density at radius 2 is 1.96 bits per heavy atom. The molecule has 1 aromatic carbocycles. The topological polar surface area (TPSA) is 85.9 Å². The van der Waals surface area contributed by atoms with Crippen molar-refractivity contribution in [2.24, 2.45) is 0 Å². The minimum atomic E-state index is -0.417. The van der Waals surface area contributed by atoms with Gasteiger partial charge in [-0.25, -0.2) is 4.79 Å². The lowest BCUT2D eigenvalue weighted by atomic mass is 9.89. The second kappa shape index (κ2) is 9.89. The first-order chi connectivity index (χ1) is 13.2. The fourth-order valence-electron chi connectivity index (χ4n) is 3.31. The second-order valence-corrected chi connectivity index (χ2v) is 8.05. The Bertz CT molecular complexity index is 710. The predicted molar refractivity (Wildman–Crippen MR) is 108 cm³/mol. The van der Waals surface area contributed by atoms with Gasteiger partial charge in [0.25, 0.3) is 0 Å². The molecule has 1 heterocycles. The van der Waals surface area contributed by atoms with Crippen LogP contribution in [-0.4, -0.2) is 44.7 Å². The number of hydrogen-bond donors (Lipinski definition) is 2. The molecule has 28 heavy (non-hydrogen) atoms. The number of anilines is 1. The number of nitrogens with one attached hydrogen (secondary N) is 2. The molecular weight excluding hydrogens is 360 g/mol. The van der Waals surface area contributed by atoms with Crippen LogP contribution in [-0.2, 0) is 38.3 Å². The Labute approximate surface area is 167 Å². The Morgan fingerprint density at radius 3 is 2.64 bits per heavy atom. The van der Waals surface area contributed by atoms with Crippen LogP contribution in [0, 0.1) is 6.92 Å². The van der Waals surface area contributed by atoms with Gasteiger partial charge in [-0.3, -0.25) is 4.79 Å². The number of hydrogen-bond acceptors (Lipinski definition) is 5. The van der Waals surface area contributed by atoms with Crippen molar-refractivity contribution in [3.05, 3.63) is 28.3 Å². The number of methoxy groups -OCH3 is 1. The van der Waals surface area contributed by atoms with Crippen LogP contribution >= 0.6 is 0 Å². The number of benzene rings is 1. The molecule has 7 heteroatoms. The zero-order chi connectivity index (χ0) is 20.7. The monoisotopic (exact) mass is 392 g/mol. The van der Waals surface area contributed by atoms with Crippen molar-refractivity contribution in [1.29, 1.82) is 0 Å². The van der Waals surface area contributed by atoms with E-state index >= 15 is 0 Å². The third kappa shape index (κ3) is 6.49. The zero-order valence-corrected chi connectivity index (χ0v) is 17.6. The van der Waals surface area contributed by atoms with Gasteiger partial charge < -0.3 is 24.8 Å². The van der Waals surface area contributed by atoms with Crippen LogP contribution in [0.4, 0.5) is 10.5 Å². The van der Waals surface area contributed by atoms with Crippen LogP contribution in [0.3, 0.4) is 0 Å². The van der Waals surface area contributed by atoms with E-state index in [0.717, 1.165) is 34.4 Å². The number of alkyl carbamates (subject to hydrolysis) is 1. The minimum Gasteiger partial charge on any atom is -0.449 e. The van der Waals surface area contributed by atoms with Crippen LogP contribution in [0.25, 0.3) is 0 Å². The second-order valence-electron chi connectivity index (χ2n) is 8.05. The van der Waals surface area contributed by atoms with Crippen molar-refractivity contribution in [3.8, 4) is 0 Å². The summed E-state index contributed by atoms with van der Waals surface area (Å²) in [5.41, 5.74) is 5.01. The van der Waals surface area contributed by atoms with Crippen molar-refractivity contribution in [3.63, 3.8) is 0 Å². The molecule has 1 aliphatic rings. The number of carbonyl (C=O) groups is 2. The van der Waals surface area contributed by atoms with Crippen LogP contribution in [0.5, 0.6) is 0 Å². The highest BCUT2D eigenvalue weighted by molar-refractivity contribution is 5.95. The Kier molecular flexibility index (Phi) is 7.83. The van der Waals surface area contributed by atoms with Gasteiger partial charge in [-0.2, -0.15) is 0 Å². The van der Waals surface area contributed by atoms with Crippen molar-refractivity contribution < 1.29 is 23.8 Å². The molecule has 2 N–H and O–H groups in total. The predicted octanol–water partition coefficient (Wildman–Crippen LogP) is 3.11. The molecule has 0 saturated heterocycles. The number of aryl methyl sites for hydroxylation is 1. The molecule has 2 amide bonds. The van der Waals surface area contributed by atoms with E-state index in [-0.39, 0.29) is 18.2 Å². The summed E-state index contributed by atoms with van der Waals surface area (Å²) in [4.78, 5) is 23.7. The number of rotatable bonds is 8. The number of carbonyl (C=O) groups excluding carboxylic acids is 2. The van der Waals surface area contributed by atoms with Crippen molar-refractivity contribution in [2.45, 2.75) is 58.9 Å². The lowest BCUT2D eigenvalue weighted by Gasteiger charge is -2.24. The summed E-state index contributed by atoms with van der Waals surface area (Å²) >= 11 is 0. The van der Waals surface area contributed by atoms with Gasteiger partial charge in [0.2, 0.25) is 5.91 Å². The van der Waals surface area contributed by atoms with Gasteiger partial charge in [0.15, 0.2) is 0 Å². The molecule has 0 unspecified atom stereocenters. The maximum absolute atomic E-state index is 11.9. The van der Waals surface area contributed by atoms with Gasteiger partial charge in [-0.1, -0.05) is 6.07 Å². The molecular formula is C21H32N2O5.